The van der Waals surface area contributed by atoms with E-state index in [9.17, 15) is 14.4 Å². The van der Waals surface area contributed by atoms with E-state index in [2.05, 4.69) is 69.4 Å². The summed E-state index contributed by atoms with van der Waals surface area (Å²) in [6, 6.07) is 0. The van der Waals surface area contributed by atoms with Gasteiger partial charge in [0.15, 0.2) is 6.10 Å². The molecular formula is C66H120O6. The summed E-state index contributed by atoms with van der Waals surface area (Å²) in [4.78, 5) is 38.2. The molecule has 0 aliphatic heterocycles. The minimum atomic E-state index is -0.784. The van der Waals surface area contributed by atoms with Crippen LogP contribution in [0.1, 0.15) is 335 Å². The Balaban J connectivity index is 4.22. The predicted octanol–water partition coefficient (Wildman–Crippen LogP) is 21.4. The number of carbonyl (C=O) groups excluding carboxylic acids is 3. The average Bonchev–Trinajstić information content (AvgIpc) is 3.38. The number of hydrogen-bond donors (Lipinski definition) is 0. The lowest BCUT2D eigenvalue weighted by Crippen LogP contribution is -2.30. The molecule has 0 bridgehead atoms. The SMILES string of the molecule is CC/C=C\C/C=C\C/C=C\CCCCCCCC(=O)OC(COC(=O)CCCCCCC/C=C\CCCCCC)COC(=O)CCCCCCCCCCCCCCCCCCCCCCCCCCCC. The van der Waals surface area contributed by atoms with Crippen molar-refractivity contribution in [3.63, 3.8) is 0 Å². The van der Waals surface area contributed by atoms with Crippen LogP contribution in [0, 0.1) is 0 Å². The minimum absolute atomic E-state index is 0.0796. The Labute approximate surface area is 448 Å². The van der Waals surface area contributed by atoms with Crippen molar-refractivity contribution in [2.24, 2.45) is 0 Å². The molecule has 0 aliphatic rings. The number of unbranched alkanes of at least 4 members (excludes halogenated alkanes) is 39. The smallest absolute Gasteiger partial charge is 0.306 e. The molecule has 6 heteroatoms. The number of ether oxygens (including phenoxy) is 3. The fourth-order valence-corrected chi connectivity index (χ4v) is 9.34. The molecule has 6 nitrogen and oxygen atoms in total. The van der Waals surface area contributed by atoms with Crippen LogP contribution < -0.4 is 0 Å². The van der Waals surface area contributed by atoms with Gasteiger partial charge in [0.05, 0.1) is 0 Å². The minimum Gasteiger partial charge on any atom is -0.462 e. The summed E-state index contributed by atoms with van der Waals surface area (Å²) < 4.78 is 16.9. The van der Waals surface area contributed by atoms with Crippen LogP contribution in [-0.4, -0.2) is 37.2 Å². The maximum atomic E-state index is 12.9. The van der Waals surface area contributed by atoms with Gasteiger partial charge < -0.3 is 14.2 Å². The van der Waals surface area contributed by atoms with E-state index < -0.39 is 6.10 Å². The van der Waals surface area contributed by atoms with Gasteiger partial charge in [-0.1, -0.05) is 288 Å². The summed E-state index contributed by atoms with van der Waals surface area (Å²) in [6.07, 6.45) is 75.6. The molecule has 0 aromatic heterocycles. The Morgan fingerprint density at radius 2 is 0.542 bits per heavy atom. The third-order valence-electron chi connectivity index (χ3n) is 14.1. The highest BCUT2D eigenvalue weighted by molar-refractivity contribution is 5.71. The lowest BCUT2D eigenvalue weighted by atomic mass is 10.0. The van der Waals surface area contributed by atoms with Gasteiger partial charge in [-0.2, -0.15) is 0 Å². The third kappa shape index (κ3) is 58.3. The molecule has 0 radical (unpaired) electrons. The molecule has 0 aliphatic carbocycles. The van der Waals surface area contributed by atoms with Gasteiger partial charge in [-0.25, -0.2) is 0 Å². The highest BCUT2D eigenvalue weighted by Crippen LogP contribution is 2.18. The maximum absolute atomic E-state index is 12.9. The van der Waals surface area contributed by atoms with Crippen molar-refractivity contribution in [2.45, 2.75) is 341 Å². The zero-order valence-corrected chi connectivity index (χ0v) is 48.2. The second kappa shape index (κ2) is 60.9. The molecule has 0 N–H and O–H groups in total. The van der Waals surface area contributed by atoms with E-state index in [1.807, 2.05) is 0 Å². The van der Waals surface area contributed by atoms with Gasteiger partial charge in [-0.05, 0) is 77.0 Å². The van der Waals surface area contributed by atoms with Crippen LogP contribution in [0.5, 0.6) is 0 Å². The lowest BCUT2D eigenvalue weighted by molar-refractivity contribution is -0.167. The molecular weight excluding hydrogens is 889 g/mol. The van der Waals surface area contributed by atoms with Crippen molar-refractivity contribution in [3.05, 3.63) is 48.6 Å². The van der Waals surface area contributed by atoms with Gasteiger partial charge in [-0.3, -0.25) is 14.4 Å². The van der Waals surface area contributed by atoms with Crippen LogP contribution >= 0.6 is 0 Å². The fourth-order valence-electron chi connectivity index (χ4n) is 9.34. The molecule has 0 aromatic carbocycles. The summed E-state index contributed by atoms with van der Waals surface area (Å²) in [5.74, 6) is -0.888. The summed E-state index contributed by atoms with van der Waals surface area (Å²) in [5, 5.41) is 0. The average molecular weight is 1010 g/mol. The van der Waals surface area contributed by atoms with E-state index >= 15 is 0 Å². The van der Waals surface area contributed by atoms with Crippen molar-refractivity contribution in [1.29, 1.82) is 0 Å². The van der Waals surface area contributed by atoms with Gasteiger partial charge in [0.25, 0.3) is 0 Å². The molecule has 1 atom stereocenters. The van der Waals surface area contributed by atoms with Crippen molar-refractivity contribution in [2.75, 3.05) is 13.2 Å². The molecule has 0 aromatic rings. The Kier molecular flexibility index (Phi) is 58.7. The predicted molar refractivity (Wildman–Crippen MR) is 312 cm³/mol. The van der Waals surface area contributed by atoms with Gasteiger partial charge in [0, 0.05) is 19.3 Å². The number of esters is 3. The first kappa shape index (κ1) is 69.4. The van der Waals surface area contributed by atoms with E-state index in [0.717, 1.165) is 103 Å². The van der Waals surface area contributed by atoms with E-state index in [1.165, 1.54) is 193 Å². The second-order valence-electron chi connectivity index (χ2n) is 21.3. The molecule has 0 saturated carbocycles. The van der Waals surface area contributed by atoms with Crippen LogP contribution in [0.2, 0.25) is 0 Å². The van der Waals surface area contributed by atoms with Crippen LogP contribution in [0.3, 0.4) is 0 Å². The maximum Gasteiger partial charge on any atom is 0.306 e. The highest BCUT2D eigenvalue weighted by Gasteiger charge is 2.19. The monoisotopic (exact) mass is 1010 g/mol. The van der Waals surface area contributed by atoms with Crippen LogP contribution in [0.4, 0.5) is 0 Å². The van der Waals surface area contributed by atoms with E-state index in [4.69, 9.17) is 14.2 Å². The molecule has 0 saturated heterocycles. The quantitative estimate of drug-likeness (QED) is 0.0261. The number of allylic oxidation sites excluding steroid dienone is 8. The van der Waals surface area contributed by atoms with Crippen molar-refractivity contribution < 1.29 is 28.6 Å². The topological polar surface area (TPSA) is 78.9 Å². The molecule has 0 spiro atoms. The van der Waals surface area contributed by atoms with Crippen LogP contribution in [0.15, 0.2) is 48.6 Å². The molecule has 0 fully saturated rings. The first-order chi connectivity index (χ1) is 35.5. The Hall–Kier alpha value is -2.63. The zero-order chi connectivity index (χ0) is 52.2. The molecule has 0 rings (SSSR count). The second-order valence-corrected chi connectivity index (χ2v) is 21.3. The van der Waals surface area contributed by atoms with Crippen LogP contribution in [0.25, 0.3) is 0 Å². The summed E-state index contributed by atoms with van der Waals surface area (Å²) >= 11 is 0. The molecule has 0 heterocycles. The Morgan fingerprint density at radius 1 is 0.292 bits per heavy atom. The standard InChI is InChI=1S/C66H120O6/c1-4-7-10-13-16-19-22-25-27-28-29-30-31-32-33-34-35-36-37-39-41-44-47-50-53-56-59-65(68)71-62-63(61-70-64(67)58-55-52-49-46-43-40-24-21-18-15-12-9-6-3)72-66(69)60-57-54-51-48-45-42-38-26-23-20-17-14-11-8-5-2/h8,11,17,20-21,24,26,38,63H,4-7,9-10,12-16,18-19,22-23,25,27-37,39-62H2,1-3H3/b11-8-,20-17-,24-21-,38-26-. The number of rotatable bonds is 58. The summed E-state index contributed by atoms with van der Waals surface area (Å²) in [6.45, 7) is 6.54. The lowest BCUT2D eigenvalue weighted by Gasteiger charge is -2.18. The van der Waals surface area contributed by atoms with Gasteiger partial charge >= 0.3 is 17.9 Å². The molecule has 420 valence electrons. The van der Waals surface area contributed by atoms with Gasteiger partial charge in [0.1, 0.15) is 13.2 Å². The third-order valence-corrected chi connectivity index (χ3v) is 14.1. The summed E-state index contributed by atoms with van der Waals surface area (Å²) in [7, 11) is 0. The number of hydrogen-bond acceptors (Lipinski definition) is 6. The number of carbonyl (C=O) groups is 3. The van der Waals surface area contributed by atoms with E-state index in [-0.39, 0.29) is 31.1 Å². The van der Waals surface area contributed by atoms with Gasteiger partial charge in [-0.15, -0.1) is 0 Å². The van der Waals surface area contributed by atoms with Gasteiger partial charge in [0.2, 0.25) is 0 Å². The Bertz CT molecular complexity index is 1250. The first-order valence-corrected chi connectivity index (χ1v) is 31.6. The van der Waals surface area contributed by atoms with Crippen molar-refractivity contribution in [3.8, 4) is 0 Å². The van der Waals surface area contributed by atoms with E-state index in [1.54, 1.807) is 0 Å². The van der Waals surface area contributed by atoms with Crippen molar-refractivity contribution >= 4 is 17.9 Å². The van der Waals surface area contributed by atoms with E-state index in [0.29, 0.717) is 19.3 Å². The normalized spacial score (nSPS) is 12.3. The Morgan fingerprint density at radius 3 is 0.875 bits per heavy atom. The molecule has 0 amide bonds. The largest absolute Gasteiger partial charge is 0.462 e. The molecule has 1 unspecified atom stereocenters. The zero-order valence-electron chi connectivity index (χ0n) is 48.2. The highest BCUT2D eigenvalue weighted by atomic mass is 16.6. The molecule has 72 heavy (non-hydrogen) atoms. The van der Waals surface area contributed by atoms with Crippen LogP contribution in [-0.2, 0) is 28.6 Å². The summed E-state index contributed by atoms with van der Waals surface area (Å²) in [5.41, 5.74) is 0. The first-order valence-electron chi connectivity index (χ1n) is 31.6. The fraction of sp³-hybridized carbons (Fsp3) is 0.833. The van der Waals surface area contributed by atoms with Crippen molar-refractivity contribution in [1.82, 2.24) is 0 Å².